The number of ether oxygens (including phenoxy) is 1. The fourth-order valence-corrected chi connectivity index (χ4v) is 3.66. The number of piperidine rings is 1. The van der Waals surface area contributed by atoms with Crippen LogP contribution in [0.4, 0.5) is 13.2 Å². The van der Waals surface area contributed by atoms with E-state index in [4.69, 9.17) is 4.74 Å². The SMILES string of the molecule is Cc1nc(C2CCCN(C3CCOCC3)C2)n(CC(F)(F)F)n1. The number of nitrogens with zero attached hydrogens (tertiary/aromatic N) is 4. The van der Waals surface area contributed by atoms with E-state index >= 15 is 0 Å². The lowest BCUT2D eigenvalue weighted by Crippen LogP contribution is -2.45. The first-order valence-corrected chi connectivity index (χ1v) is 8.22. The number of aryl methyl sites for hydroxylation is 1. The van der Waals surface area contributed by atoms with Crippen LogP contribution in [0, 0.1) is 6.92 Å². The van der Waals surface area contributed by atoms with E-state index < -0.39 is 12.7 Å². The summed E-state index contributed by atoms with van der Waals surface area (Å²) in [7, 11) is 0. The lowest BCUT2D eigenvalue weighted by molar-refractivity contribution is -0.143. The summed E-state index contributed by atoms with van der Waals surface area (Å²) in [4.78, 5) is 6.70. The van der Waals surface area contributed by atoms with Gasteiger partial charge in [-0.05, 0) is 39.2 Å². The molecule has 130 valence electrons. The van der Waals surface area contributed by atoms with Gasteiger partial charge in [0.15, 0.2) is 0 Å². The first-order valence-electron chi connectivity index (χ1n) is 8.22. The van der Waals surface area contributed by atoms with Gasteiger partial charge in [0.05, 0.1) is 0 Å². The number of halogens is 3. The van der Waals surface area contributed by atoms with Gasteiger partial charge in [-0.2, -0.15) is 18.3 Å². The molecule has 3 rings (SSSR count). The van der Waals surface area contributed by atoms with Crippen molar-refractivity contribution in [3.63, 3.8) is 0 Å². The molecule has 23 heavy (non-hydrogen) atoms. The normalized spacial score (nSPS) is 25.0. The van der Waals surface area contributed by atoms with Gasteiger partial charge >= 0.3 is 6.18 Å². The van der Waals surface area contributed by atoms with Gasteiger partial charge in [-0.3, -0.25) is 4.90 Å². The number of alkyl halides is 3. The standard InChI is InChI=1S/C15H23F3N4O/c1-11-19-14(22(20-11)10-15(16,17)18)12-3-2-6-21(9-12)13-4-7-23-8-5-13/h12-13H,2-10H2,1H3. The molecule has 8 heteroatoms. The van der Waals surface area contributed by atoms with Crippen molar-refractivity contribution in [2.24, 2.45) is 0 Å². The number of rotatable bonds is 3. The van der Waals surface area contributed by atoms with Crippen LogP contribution >= 0.6 is 0 Å². The summed E-state index contributed by atoms with van der Waals surface area (Å²) in [5, 5.41) is 3.96. The fourth-order valence-electron chi connectivity index (χ4n) is 3.66. The number of likely N-dealkylation sites (tertiary alicyclic amines) is 1. The fraction of sp³-hybridized carbons (Fsp3) is 0.867. The molecule has 3 heterocycles. The quantitative estimate of drug-likeness (QED) is 0.853. The van der Waals surface area contributed by atoms with Gasteiger partial charge < -0.3 is 4.74 Å². The van der Waals surface area contributed by atoms with Gasteiger partial charge in [0.1, 0.15) is 18.2 Å². The molecule has 0 aliphatic carbocycles. The predicted octanol–water partition coefficient (Wildman–Crippen LogP) is 2.51. The van der Waals surface area contributed by atoms with Gasteiger partial charge in [0.2, 0.25) is 0 Å². The van der Waals surface area contributed by atoms with Crippen LogP contribution < -0.4 is 0 Å². The molecule has 0 aromatic carbocycles. The molecule has 0 radical (unpaired) electrons. The van der Waals surface area contributed by atoms with Crippen molar-refractivity contribution < 1.29 is 17.9 Å². The Kier molecular flexibility index (Phi) is 4.91. The third-order valence-electron chi connectivity index (χ3n) is 4.66. The molecule has 2 saturated heterocycles. The summed E-state index contributed by atoms with van der Waals surface area (Å²) in [5.41, 5.74) is 0. The zero-order chi connectivity index (χ0) is 16.4. The van der Waals surface area contributed by atoms with Gasteiger partial charge in [-0.25, -0.2) is 9.67 Å². The summed E-state index contributed by atoms with van der Waals surface area (Å²) in [6.07, 6.45) is -0.415. The van der Waals surface area contributed by atoms with Gasteiger partial charge in [-0.1, -0.05) is 0 Å². The zero-order valence-corrected chi connectivity index (χ0v) is 13.3. The topological polar surface area (TPSA) is 43.2 Å². The Morgan fingerprint density at radius 2 is 1.96 bits per heavy atom. The summed E-state index contributed by atoms with van der Waals surface area (Å²) in [6.45, 7) is 3.91. The molecule has 1 aromatic heterocycles. The monoisotopic (exact) mass is 332 g/mol. The molecular weight excluding hydrogens is 309 g/mol. The van der Waals surface area contributed by atoms with Crippen molar-refractivity contribution >= 4 is 0 Å². The second-order valence-electron chi connectivity index (χ2n) is 6.47. The lowest BCUT2D eigenvalue weighted by atomic mass is 9.94. The van der Waals surface area contributed by atoms with Crippen molar-refractivity contribution in [3.8, 4) is 0 Å². The molecule has 2 aliphatic rings. The van der Waals surface area contributed by atoms with Crippen LogP contribution in [-0.4, -0.2) is 58.2 Å². The molecule has 1 unspecified atom stereocenters. The minimum absolute atomic E-state index is 0.0233. The number of hydrogen-bond donors (Lipinski definition) is 0. The highest BCUT2D eigenvalue weighted by Gasteiger charge is 2.34. The van der Waals surface area contributed by atoms with E-state index in [1.807, 2.05) is 0 Å². The van der Waals surface area contributed by atoms with Gasteiger partial charge in [-0.15, -0.1) is 0 Å². The summed E-state index contributed by atoms with van der Waals surface area (Å²) >= 11 is 0. The van der Waals surface area contributed by atoms with E-state index in [-0.39, 0.29) is 5.92 Å². The van der Waals surface area contributed by atoms with Crippen LogP contribution in [0.25, 0.3) is 0 Å². The molecule has 0 bridgehead atoms. The van der Waals surface area contributed by atoms with Crippen LogP contribution in [0.1, 0.15) is 43.3 Å². The minimum Gasteiger partial charge on any atom is -0.381 e. The zero-order valence-electron chi connectivity index (χ0n) is 13.3. The van der Waals surface area contributed by atoms with Crippen LogP contribution in [-0.2, 0) is 11.3 Å². The molecule has 0 N–H and O–H groups in total. The highest BCUT2D eigenvalue weighted by Crippen LogP contribution is 2.30. The molecule has 0 saturated carbocycles. The number of hydrogen-bond acceptors (Lipinski definition) is 4. The maximum Gasteiger partial charge on any atom is 0.408 e. The van der Waals surface area contributed by atoms with Crippen LogP contribution in [0.15, 0.2) is 0 Å². The highest BCUT2D eigenvalue weighted by molar-refractivity contribution is 5.03. The molecule has 0 amide bonds. The third-order valence-corrected chi connectivity index (χ3v) is 4.66. The van der Waals surface area contributed by atoms with E-state index in [0.717, 1.165) is 56.7 Å². The Morgan fingerprint density at radius 3 is 2.65 bits per heavy atom. The van der Waals surface area contributed by atoms with Gasteiger partial charge in [0, 0.05) is 31.7 Å². The van der Waals surface area contributed by atoms with Crippen LogP contribution in [0.2, 0.25) is 0 Å². The Bertz CT molecular complexity index is 525. The molecular formula is C15H23F3N4O. The van der Waals surface area contributed by atoms with Gasteiger partial charge in [0.25, 0.3) is 0 Å². The Balaban J connectivity index is 1.73. The predicted molar refractivity (Wildman–Crippen MR) is 78.2 cm³/mol. The van der Waals surface area contributed by atoms with E-state index in [9.17, 15) is 13.2 Å². The van der Waals surface area contributed by atoms with E-state index in [2.05, 4.69) is 15.0 Å². The molecule has 2 aliphatic heterocycles. The Morgan fingerprint density at radius 1 is 1.22 bits per heavy atom. The molecule has 0 spiro atoms. The maximum atomic E-state index is 12.8. The van der Waals surface area contributed by atoms with Crippen molar-refractivity contribution in [2.45, 2.75) is 57.3 Å². The third kappa shape index (κ3) is 4.23. The first-order chi connectivity index (χ1) is 10.9. The minimum atomic E-state index is -4.27. The molecule has 2 fully saturated rings. The van der Waals surface area contributed by atoms with Crippen molar-refractivity contribution in [3.05, 3.63) is 11.6 Å². The van der Waals surface area contributed by atoms with Crippen molar-refractivity contribution in [2.75, 3.05) is 26.3 Å². The molecule has 1 aromatic rings. The second-order valence-corrected chi connectivity index (χ2v) is 6.47. The highest BCUT2D eigenvalue weighted by atomic mass is 19.4. The van der Waals surface area contributed by atoms with E-state index in [0.29, 0.717) is 17.7 Å². The average molecular weight is 332 g/mol. The first kappa shape index (κ1) is 16.7. The largest absolute Gasteiger partial charge is 0.408 e. The molecule has 1 atom stereocenters. The van der Waals surface area contributed by atoms with Crippen molar-refractivity contribution in [1.29, 1.82) is 0 Å². The van der Waals surface area contributed by atoms with E-state index in [1.54, 1.807) is 6.92 Å². The maximum absolute atomic E-state index is 12.8. The van der Waals surface area contributed by atoms with Crippen molar-refractivity contribution in [1.82, 2.24) is 19.7 Å². The summed E-state index contributed by atoms with van der Waals surface area (Å²) in [5.74, 6) is 0.916. The smallest absolute Gasteiger partial charge is 0.381 e. The van der Waals surface area contributed by atoms with E-state index in [1.165, 1.54) is 0 Å². The Labute approximate surface area is 133 Å². The molecule has 5 nitrogen and oxygen atoms in total. The Hall–Kier alpha value is -1.15. The number of aromatic nitrogens is 3. The summed E-state index contributed by atoms with van der Waals surface area (Å²) in [6, 6.07) is 0.478. The van der Waals surface area contributed by atoms with Crippen LogP contribution in [0.5, 0.6) is 0 Å². The van der Waals surface area contributed by atoms with Crippen LogP contribution in [0.3, 0.4) is 0 Å². The summed E-state index contributed by atoms with van der Waals surface area (Å²) < 4.78 is 44.7. The second kappa shape index (κ2) is 6.76. The lowest BCUT2D eigenvalue weighted by Gasteiger charge is -2.39. The average Bonchev–Trinajstić information content (AvgIpc) is 2.87.